The molecule has 1 aromatic carbocycles. The van der Waals surface area contributed by atoms with E-state index >= 15 is 0 Å². The molecule has 1 saturated carbocycles. The van der Waals surface area contributed by atoms with Crippen LogP contribution in [0.3, 0.4) is 0 Å². The molecule has 0 radical (unpaired) electrons. The zero-order chi connectivity index (χ0) is 10.5. The Bertz CT molecular complexity index is 388. The molecule has 0 bridgehead atoms. The lowest BCUT2D eigenvalue weighted by atomic mass is 9.90. The quantitative estimate of drug-likeness (QED) is 0.784. The second kappa shape index (κ2) is 3.06. The van der Waals surface area contributed by atoms with Crippen molar-refractivity contribution in [2.45, 2.75) is 18.4 Å². The van der Waals surface area contributed by atoms with E-state index in [1.54, 1.807) is 0 Å². The smallest absolute Gasteiger partial charge is 0.0181 e. The topological polar surface area (TPSA) is 29.3 Å². The van der Waals surface area contributed by atoms with Gasteiger partial charge < -0.3 is 10.6 Å². The maximum absolute atomic E-state index is 5.82. The first-order valence-electron chi connectivity index (χ1n) is 5.73. The van der Waals surface area contributed by atoms with Gasteiger partial charge in [0.1, 0.15) is 0 Å². The lowest BCUT2D eigenvalue weighted by Crippen LogP contribution is -2.23. The van der Waals surface area contributed by atoms with Crippen LogP contribution >= 0.6 is 0 Å². The van der Waals surface area contributed by atoms with Gasteiger partial charge in [0.25, 0.3) is 0 Å². The van der Waals surface area contributed by atoms with Crippen molar-refractivity contribution in [3.63, 3.8) is 0 Å². The molecular formula is C13H18N2. The number of nitrogens with zero attached hydrogens (tertiary/aromatic N) is 1. The molecule has 80 valence electrons. The van der Waals surface area contributed by atoms with E-state index in [1.807, 2.05) is 0 Å². The van der Waals surface area contributed by atoms with E-state index in [-0.39, 0.29) is 0 Å². The van der Waals surface area contributed by atoms with Gasteiger partial charge in [0.15, 0.2) is 0 Å². The minimum Gasteiger partial charge on any atom is -0.326 e. The molecule has 2 unspecified atom stereocenters. The SMILES string of the molecule is CN1CC2CC2(c2ccccc2CN)C1. The molecule has 1 aromatic rings. The van der Waals surface area contributed by atoms with Crippen LogP contribution in [0.5, 0.6) is 0 Å². The van der Waals surface area contributed by atoms with Crippen molar-refractivity contribution in [3.8, 4) is 0 Å². The summed E-state index contributed by atoms with van der Waals surface area (Å²) in [7, 11) is 2.22. The first kappa shape index (κ1) is 9.37. The van der Waals surface area contributed by atoms with Crippen LogP contribution in [0.1, 0.15) is 17.5 Å². The molecule has 1 saturated heterocycles. The molecular weight excluding hydrogens is 184 g/mol. The Morgan fingerprint density at radius 2 is 2.27 bits per heavy atom. The summed E-state index contributed by atoms with van der Waals surface area (Å²) < 4.78 is 0. The molecule has 1 heterocycles. The van der Waals surface area contributed by atoms with Gasteiger partial charge in [-0.25, -0.2) is 0 Å². The molecule has 2 atom stereocenters. The fourth-order valence-electron chi connectivity index (χ4n) is 3.34. The number of nitrogens with two attached hydrogens (primary N) is 1. The molecule has 2 nitrogen and oxygen atoms in total. The molecule has 1 aliphatic heterocycles. The number of likely N-dealkylation sites (N-methyl/N-ethyl adjacent to an activating group) is 1. The first-order valence-corrected chi connectivity index (χ1v) is 5.73. The predicted octanol–water partition coefficient (Wildman–Crippen LogP) is 1.35. The standard InChI is InChI=1S/C13H18N2/c1-15-8-11-6-13(11,9-15)12-5-3-2-4-10(12)7-14/h2-5,11H,6-9,14H2,1H3. The van der Waals surface area contributed by atoms with Gasteiger partial charge in [0, 0.05) is 25.0 Å². The van der Waals surface area contributed by atoms with Gasteiger partial charge in [-0.1, -0.05) is 24.3 Å². The second-order valence-corrected chi connectivity index (χ2v) is 5.12. The molecule has 15 heavy (non-hydrogen) atoms. The number of likely N-dealkylation sites (tertiary alicyclic amines) is 1. The van der Waals surface area contributed by atoms with Crippen molar-refractivity contribution in [2.75, 3.05) is 20.1 Å². The van der Waals surface area contributed by atoms with Gasteiger partial charge >= 0.3 is 0 Å². The minimum atomic E-state index is 0.463. The molecule has 2 fully saturated rings. The van der Waals surface area contributed by atoms with Gasteiger partial charge in [-0.05, 0) is 30.5 Å². The van der Waals surface area contributed by atoms with E-state index in [0.29, 0.717) is 12.0 Å². The average Bonchev–Trinajstić information content (AvgIpc) is 2.83. The van der Waals surface area contributed by atoms with E-state index in [9.17, 15) is 0 Å². The summed E-state index contributed by atoms with van der Waals surface area (Å²) in [4.78, 5) is 2.45. The van der Waals surface area contributed by atoms with Gasteiger partial charge in [-0.3, -0.25) is 0 Å². The van der Waals surface area contributed by atoms with Gasteiger partial charge in [0.05, 0.1) is 0 Å². The van der Waals surface area contributed by atoms with Crippen LogP contribution in [0.15, 0.2) is 24.3 Å². The van der Waals surface area contributed by atoms with Crippen molar-refractivity contribution in [1.82, 2.24) is 4.90 Å². The summed E-state index contributed by atoms with van der Waals surface area (Å²) in [6.07, 6.45) is 1.37. The number of rotatable bonds is 2. The number of hydrogen-bond donors (Lipinski definition) is 1. The highest BCUT2D eigenvalue weighted by atomic mass is 15.2. The molecule has 0 spiro atoms. The Morgan fingerprint density at radius 1 is 1.47 bits per heavy atom. The normalized spacial score (nSPS) is 34.1. The number of hydrogen-bond acceptors (Lipinski definition) is 2. The molecule has 1 aliphatic carbocycles. The van der Waals surface area contributed by atoms with Gasteiger partial charge in [-0.2, -0.15) is 0 Å². The van der Waals surface area contributed by atoms with Crippen molar-refractivity contribution in [2.24, 2.45) is 11.7 Å². The third kappa shape index (κ3) is 1.25. The fraction of sp³-hybridized carbons (Fsp3) is 0.538. The molecule has 3 rings (SSSR count). The zero-order valence-corrected chi connectivity index (χ0v) is 9.24. The van der Waals surface area contributed by atoms with E-state index in [2.05, 4.69) is 36.2 Å². The van der Waals surface area contributed by atoms with Crippen LogP contribution in [0.25, 0.3) is 0 Å². The van der Waals surface area contributed by atoms with Crippen molar-refractivity contribution in [3.05, 3.63) is 35.4 Å². The van der Waals surface area contributed by atoms with Crippen molar-refractivity contribution in [1.29, 1.82) is 0 Å². The summed E-state index contributed by atoms with van der Waals surface area (Å²) in [5.74, 6) is 0.884. The van der Waals surface area contributed by atoms with Crippen LogP contribution in [-0.2, 0) is 12.0 Å². The van der Waals surface area contributed by atoms with E-state index in [1.165, 1.54) is 30.6 Å². The first-order chi connectivity index (χ1) is 7.26. The summed E-state index contributed by atoms with van der Waals surface area (Å²) in [5.41, 5.74) is 9.14. The molecule has 2 N–H and O–H groups in total. The fourth-order valence-corrected chi connectivity index (χ4v) is 3.34. The van der Waals surface area contributed by atoms with E-state index < -0.39 is 0 Å². The van der Waals surface area contributed by atoms with Crippen molar-refractivity contribution < 1.29 is 0 Å². The Morgan fingerprint density at radius 3 is 2.93 bits per heavy atom. The van der Waals surface area contributed by atoms with Crippen LogP contribution < -0.4 is 5.73 Å². The Balaban J connectivity index is 2.00. The third-order valence-corrected chi connectivity index (χ3v) is 4.09. The second-order valence-electron chi connectivity index (χ2n) is 5.12. The van der Waals surface area contributed by atoms with Crippen molar-refractivity contribution >= 4 is 0 Å². The summed E-state index contributed by atoms with van der Waals surface area (Å²) in [6.45, 7) is 3.15. The monoisotopic (exact) mass is 202 g/mol. The Hall–Kier alpha value is -0.860. The lowest BCUT2D eigenvalue weighted by Gasteiger charge is -2.19. The van der Waals surface area contributed by atoms with Gasteiger partial charge in [0.2, 0.25) is 0 Å². The highest BCUT2D eigenvalue weighted by Gasteiger charge is 2.60. The highest BCUT2D eigenvalue weighted by Crippen LogP contribution is 2.59. The number of fused-ring (bicyclic) bond motifs is 1. The van der Waals surface area contributed by atoms with Crippen LogP contribution in [0.4, 0.5) is 0 Å². The highest BCUT2D eigenvalue weighted by molar-refractivity contribution is 5.42. The number of piperidine rings is 1. The van der Waals surface area contributed by atoms with Crippen LogP contribution in [0, 0.1) is 5.92 Å². The third-order valence-electron chi connectivity index (χ3n) is 4.09. The van der Waals surface area contributed by atoms with Crippen LogP contribution in [-0.4, -0.2) is 25.0 Å². The molecule has 0 amide bonds. The average molecular weight is 202 g/mol. The minimum absolute atomic E-state index is 0.463. The molecule has 2 aliphatic rings. The summed E-state index contributed by atoms with van der Waals surface area (Å²) in [6, 6.07) is 8.70. The Labute approximate surface area is 91.1 Å². The number of benzene rings is 1. The summed E-state index contributed by atoms with van der Waals surface area (Å²) in [5, 5.41) is 0. The molecule has 0 aromatic heterocycles. The van der Waals surface area contributed by atoms with E-state index in [0.717, 1.165) is 5.92 Å². The molecule has 2 heteroatoms. The lowest BCUT2D eigenvalue weighted by molar-refractivity contribution is 0.363. The zero-order valence-electron chi connectivity index (χ0n) is 9.24. The van der Waals surface area contributed by atoms with Crippen LogP contribution in [0.2, 0.25) is 0 Å². The maximum atomic E-state index is 5.82. The Kier molecular flexibility index (Phi) is 1.91. The predicted molar refractivity (Wildman–Crippen MR) is 61.6 cm³/mol. The van der Waals surface area contributed by atoms with Gasteiger partial charge in [-0.15, -0.1) is 0 Å². The summed E-state index contributed by atoms with van der Waals surface area (Å²) >= 11 is 0. The van der Waals surface area contributed by atoms with E-state index in [4.69, 9.17) is 5.73 Å². The maximum Gasteiger partial charge on any atom is 0.0181 e. The largest absolute Gasteiger partial charge is 0.326 e.